The quantitative estimate of drug-likeness (QED) is 0.680. The largest absolute Gasteiger partial charge is 0.481 e. The Bertz CT molecular complexity index is 173. The Morgan fingerprint density at radius 1 is 1.36 bits per heavy atom. The van der Waals surface area contributed by atoms with Crippen LogP contribution in [-0.4, -0.2) is 11.1 Å². The minimum Gasteiger partial charge on any atom is -0.481 e. The first-order chi connectivity index (χ1) is 6.43. The summed E-state index contributed by atoms with van der Waals surface area (Å²) in [6.45, 7) is 8.52. The summed E-state index contributed by atoms with van der Waals surface area (Å²) in [6.07, 6.45) is 4.78. The van der Waals surface area contributed by atoms with E-state index in [1.165, 1.54) is 0 Å². The van der Waals surface area contributed by atoms with Gasteiger partial charge in [0.1, 0.15) is 0 Å². The highest BCUT2D eigenvalue weighted by atomic mass is 16.4. The summed E-state index contributed by atoms with van der Waals surface area (Å²) in [7, 11) is 0. The Labute approximate surface area is 87.7 Å². The number of hydrogen-bond acceptors (Lipinski definition) is 1. The van der Waals surface area contributed by atoms with E-state index in [0.29, 0.717) is 0 Å². The molecule has 0 aliphatic heterocycles. The van der Waals surface area contributed by atoms with Gasteiger partial charge in [-0.25, -0.2) is 0 Å². The van der Waals surface area contributed by atoms with E-state index in [2.05, 4.69) is 27.7 Å². The van der Waals surface area contributed by atoms with Crippen LogP contribution in [0.1, 0.15) is 59.8 Å². The highest BCUT2D eigenvalue weighted by Crippen LogP contribution is 2.31. The molecule has 84 valence electrons. The molecular weight excluding hydrogens is 176 g/mol. The van der Waals surface area contributed by atoms with E-state index in [0.717, 1.165) is 32.1 Å². The van der Waals surface area contributed by atoms with Gasteiger partial charge in [0.2, 0.25) is 0 Å². The third-order valence-electron chi connectivity index (χ3n) is 3.01. The van der Waals surface area contributed by atoms with Gasteiger partial charge in [0.25, 0.3) is 0 Å². The van der Waals surface area contributed by atoms with E-state index in [-0.39, 0.29) is 11.3 Å². The molecule has 0 aromatic rings. The van der Waals surface area contributed by atoms with Crippen LogP contribution in [0.2, 0.25) is 0 Å². The van der Waals surface area contributed by atoms with Gasteiger partial charge in [-0.15, -0.1) is 0 Å². The number of carboxylic acids is 1. The van der Waals surface area contributed by atoms with Crippen molar-refractivity contribution < 1.29 is 9.90 Å². The van der Waals surface area contributed by atoms with Crippen molar-refractivity contribution >= 4 is 5.97 Å². The fourth-order valence-corrected chi connectivity index (χ4v) is 1.57. The number of carbonyl (C=O) groups is 1. The van der Waals surface area contributed by atoms with Crippen molar-refractivity contribution in [3.05, 3.63) is 0 Å². The van der Waals surface area contributed by atoms with E-state index < -0.39 is 5.97 Å². The highest BCUT2D eigenvalue weighted by Gasteiger charge is 2.25. The lowest BCUT2D eigenvalue weighted by atomic mass is 9.79. The minimum atomic E-state index is -0.625. The Balaban J connectivity index is 4.15. The topological polar surface area (TPSA) is 37.3 Å². The van der Waals surface area contributed by atoms with Gasteiger partial charge in [-0.2, -0.15) is 0 Å². The van der Waals surface area contributed by atoms with Gasteiger partial charge in [-0.3, -0.25) is 4.79 Å². The van der Waals surface area contributed by atoms with Gasteiger partial charge in [0.15, 0.2) is 0 Å². The monoisotopic (exact) mass is 200 g/mol. The molecule has 0 amide bonds. The molecule has 0 saturated carbocycles. The van der Waals surface area contributed by atoms with Crippen LogP contribution >= 0.6 is 0 Å². The van der Waals surface area contributed by atoms with E-state index in [9.17, 15) is 4.79 Å². The van der Waals surface area contributed by atoms with Crippen molar-refractivity contribution in [1.29, 1.82) is 0 Å². The SMILES string of the molecule is CCCCC(CC(C)(C)CC)C(=O)O. The standard InChI is InChI=1S/C12H24O2/c1-5-7-8-10(11(13)14)9-12(3,4)6-2/h10H,5-9H2,1-4H3,(H,13,14). The van der Waals surface area contributed by atoms with E-state index in [1.807, 2.05) is 0 Å². The summed E-state index contributed by atoms with van der Waals surface area (Å²) in [5.41, 5.74) is 0.163. The lowest BCUT2D eigenvalue weighted by molar-refractivity contribution is -0.143. The van der Waals surface area contributed by atoms with E-state index in [4.69, 9.17) is 5.11 Å². The smallest absolute Gasteiger partial charge is 0.306 e. The van der Waals surface area contributed by atoms with Crippen LogP contribution in [0.25, 0.3) is 0 Å². The Kier molecular flexibility index (Phi) is 5.82. The molecule has 1 N–H and O–H groups in total. The zero-order chi connectivity index (χ0) is 11.2. The van der Waals surface area contributed by atoms with E-state index in [1.54, 1.807) is 0 Å². The summed E-state index contributed by atoms with van der Waals surface area (Å²) in [5, 5.41) is 9.06. The molecule has 0 radical (unpaired) electrons. The summed E-state index contributed by atoms with van der Waals surface area (Å²) in [6, 6.07) is 0. The molecule has 0 fully saturated rings. The molecule has 2 heteroatoms. The second-order valence-corrected chi connectivity index (χ2v) is 4.90. The van der Waals surface area contributed by atoms with Gasteiger partial charge in [0, 0.05) is 0 Å². The molecule has 2 nitrogen and oxygen atoms in total. The summed E-state index contributed by atoms with van der Waals surface area (Å²) in [5.74, 6) is -0.773. The minimum absolute atomic E-state index is 0.148. The molecule has 14 heavy (non-hydrogen) atoms. The molecule has 0 spiro atoms. The number of carboxylic acid groups (broad SMARTS) is 1. The first-order valence-corrected chi connectivity index (χ1v) is 5.65. The van der Waals surface area contributed by atoms with Crippen molar-refractivity contribution in [2.24, 2.45) is 11.3 Å². The highest BCUT2D eigenvalue weighted by molar-refractivity contribution is 5.69. The Morgan fingerprint density at radius 2 is 1.93 bits per heavy atom. The van der Waals surface area contributed by atoms with Gasteiger partial charge in [0.05, 0.1) is 5.92 Å². The summed E-state index contributed by atoms with van der Waals surface area (Å²) >= 11 is 0. The number of hydrogen-bond donors (Lipinski definition) is 1. The lowest BCUT2D eigenvalue weighted by Crippen LogP contribution is -2.22. The van der Waals surface area contributed by atoms with Crippen LogP contribution in [-0.2, 0) is 4.79 Å². The van der Waals surface area contributed by atoms with Crippen LogP contribution in [0.15, 0.2) is 0 Å². The first-order valence-electron chi connectivity index (χ1n) is 5.65. The lowest BCUT2D eigenvalue weighted by Gasteiger charge is -2.26. The third kappa shape index (κ3) is 5.25. The Hall–Kier alpha value is -0.530. The molecule has 0 heterocycles. The van der Waals surface area contributed by atoms with Crippen molar-refractivity contribution in [2.75, 3.05) is 0 Å². The molecule has 0 rings (SSSR count). The Morgan fingerprint density at radius 3 is 2.29 bits per heavy atom. The number of unbranched alkanes of at least 4 members (excludes halogenated alkanes) is 1. The fraction of sp³-hybridized carbons (Fsp3) is 0.917. The zero-order valence-corrected chi connectivity index (χ0v) is 9.97. The average Bonchev–Trinajstić information content (AvgIpc) is 2.12. The predicted molar refractivity (Wildman–Crippen MR) is 59.3 cm³/mol. The maximum Gasteiger partial charge on any atom is 0.306 e. The van der Waals surface area contributed by atoms with Crippen molar-refractivity contribution in [2.45, 2.75) is 59.8 Å². The maximum atomic E-state index is 11.0. The molecule has 0 bridgehead atoms. The van der Waals surface area contributed by atoms with Gasteiger partial charge in [-0.1, -0.05) is 47.0 Å². The van der Waals surface area contributed by atoms with Crippen LogP contribution in [0, 0.1) is 11.3 Å². The predicted octanol–water partition coefficient (Wildman–Crippen LogP) is 3.70. The van der Waals surface area contributed by atoms with Gasteiger partial charge >= 0.3 is 5.97 Å². The molecule has 0 saturated heterocycles. The van der Waals surface area contributed by atoms with Crippen molar-refractivity contribution in [1.82, 2.24) is 0 Å². The zero-order valence-electron chi connectivity index (χ0n) is 9.97. The van der Waals surface area contributed by atoms with Crippen LogP contribution < -0.4 is 0 Å². The number of aliphatic carboxylic acids is 1. The molecule has 1 atom stereocenters. The number of rotatable bonds is 7. The fourth-order valence-electron chi connectivity index (χ4n) is 1.57. The van der Waals surface area contributed by atoms with Gasteiger partial charge < -0.3 is 5.11 Å². The second kappa shape index (κ2) is 6.05. The molecule has 0 aliphatic carbocycles. The molecule has 0 aromatic heterocycles. The second-order valence-electron chi connectivity index (χ2n) is 4.90. The van der Waals surface area contributed by atoms with Crippen LogP contribution in [0.3, 0.4) is 0 Å². The van der Waals surface area contributed by atoms with Gasteiger partial charge in [-0.05, 0) is 18.3 Å². The van der Waals surface area contributed by atoms with Crippen molar-refractivity contribution in [3.63, 3.8) is 0 Å². The van der Waals surface area contributed by atoms with Crippen LogP contribution in [0.5, 0.6) is 0 Å². The molecule has 1 unspecified atom stereocenters. The molecular formula is C12H24O2. The first kappa shape index (κ1) is 13.5. The average molecular weight is 200 g/mol. The summed E-state index contributed by atoms with van der Waals surface area (Å²) < 4.78 is 0. The van der Waals surface area contributed by atoms with Crippen LogP contribution in [0.4, 0.5) is 0 Å². The van der Waals surface area contributed by atoms with Crippen molar-refractivity contribution in [3.8, 4) is 0 Å². The molecule has 0 aromatic carbocycles. The maximum absolute atomic E-state index is 11.0. The normalized spacial score (nSPS) is 14.0. The summed E-state index contributed by atoms with van der Waals surface area (Å²) in [4.78, 5) is 11.0. The van der Waals surface area contributed by atoms with E-state index >= 15 is 0 Å². The third-order valence-corrected chi connectivity index (χ3v) is 3.01. The molecule has 0 aliphatic rings.